The van der Waals surface area contributed by atoms with E-state index in [1.54, 1.807) is 0 Å². The summed E-state index contributed by atoms with van der Waals surface area (Å²) in [6.07, 6.45) is -14.0. The number of halogens is 35. The standard InChI is InChI=1S/C69H25F35O13S2.4CH4/c1-15-25(70)46(91)63(47(92)26(15)71)118(106,107)65-50(95)45(90)59(116-57-41(86)33(78)23(34(79)42(57)87)21-29(74)37(82)55(112-13-110-3)38(83)30(21)75)52(97)61(65)114-19-9-5-17(6-10-19)67(68(99,100)101,69(102,103)104)18-7-11-20(12-8-18)115-62-53(98)60(51(96)54(105)66(62)119(108,109)64-48(93)27(72)16(2)28(73)49(64)94)117-58-43(88)35(80)24(36(81)44(58)89)22-31(76)39(84)56(113-14-111-4)40(85)32(22)77;;;;/h5-12,105H,13-14H2,1-4H3;4*1H4. The summed E-state index contributed by atoms with van der Waals surface area (Å²) in [5.74, 6) is -119. The second-order valence-corrected chi connectivity index (χ2v) is 27.1. The molecular formula is C73H41F35O13S2. The van der Waals surface area contributed by atoms with Crippen molar-refractivity contribution in [1.82, 2.24) is 0 Å². The maximum atomic E-state index is 17.1. The first kappa shape index (κ1) is 100.0. The summed E-state index contributed by atoms with van der Waals surface area (Å²) < 4.78 is 639. The molecule has 10 aromatic carbocycles. The number of sulfone groups is 2. The predicted molar refractivity (Wildman–Crippen MR) is 348 cm³/mol. The smallest absolute Gasteiger partial charge is 0.411 e. The molecule has 0 saturated carbocycles. The van der Waals surface area contributed by atoms with Crippen molar-refractivity contribution in [2.75, 3.05) is 27.8 Å². The maximum Gasteiger partial charge on any atom is 0.411 e. The van der Waals surface area contributed by atoms with Crippen LogP contribution in [0, 0.1) is 183 Å². The van der Waals surface area contributed by atoms with Crippen molar-refractivity contribution >= 4 is 19.7 Å². The highest BCUT2D eigenvalue weighted by atomic mass is 32.2. The van der Waals surface area contributed by atoms with E-state index < -0.39 is 371 Å². The second kappa shape index (κ2) is 35.6. The van der Waals surface area contributed by atoms with Crippen LogP contribution in [0.2, 0.25) is 0 Å². The lowest BCUT2D eigenvalue weighted by molar-refractivity contribution is -0.288. The number of hydrogen-bond donors (Lipinski definition) is 1. The zero-order valence-corrected chi connectivity index (χ0v) is 58.6. The normalized spacial score (nSPS) is 11.9. The van der Waals surface area contributed by atoms with Crippen molar-refractivity contribution < 1.29 is 214 Å². The van der Waals surface area contributed by atoms with E-state index in [-0.39, 0.29) is 67.8 Å². The number of methoxy groups -OCH3 is 2. The molecule has 0 bridgehead atoms. The van der Waals surface area contributed by atoms with Crippen molar-refractivity contribution in [1.29, 1.82) is 0 Å². The fourth-order valence-corrected chi connectivity index (χ4v) is 14.3. The van der Waals surface area contributed by atoms with Crippen molar-refractivity contribution in [2.45, 2.75) is 80.9 Å². The lowest BCUT2D eigenvalue weighted by Gasteiger charge is -2.38. The number of phenolic OH excluding ortho intramolecular Hbond substituents is 1. The Morgan fingerprint density at radius 3 is 0.748 bits per heavy atom. The van der Waals surface area contributed by atoms with Crippen LogP contribution in [0.25, 0.3) is 22.3 Å². The minimum Gasteiger partial charge on any atom is -0.504 e. The van der Waals surface area contributed by atoms with Crippen LogP contribution in [-0.2, 0) is 34.6 Å². The van der Waals surface area contributed by atoms with Crippen molar-refractivity contribution in [3.05, 3.63) is 239 Å². The zero-order valence-electron chi connectivity index (χ0n) is 56.9. The Bertz CT molecular complexity index is 5640. The molecule has 0 aliphatic heterocycles. The summed E-state index contributed by atoms with van der Waals surface area (Å²) >= 11 is 0. The third kappa shape index (κ3) is 15.7. The molecule has 10 aromatic rings. The molecule has 0 atom stereocenters. The van der Waals surface area contributed by atoms with Gasteiger partial charge in [-0.15, -0.1) is 0 Å². The van der Waals surface area contributed by atoms with Crippen molar-refractivity contribution in [3.8, 4) is 85.5 Å². The van der Waals surface area contributed by atoms with Gasteiger partial charge in [0.1, 0.15) is 21.3 Å². The van der Waals surface area contributed by atoms with Gasteiger partial charge in [0.2, 0.25) is 118 Å². The molecule has 0 fully saturated rings. The first-order valence-corrected chi connectivity index (χ1v) is 33.4. The molecule has 0 unspecified atom stereocenters. The van der Waals surface area contributed by atoms with E-state index in [9.17, 15) is 57.1 Å². The highest BCUT2D eigenvalue weighted by Gasteiger charge is 2.72. The van der Waals surface area contributed by atoms with Crippen LogP contribution in [0.3, 0.4) is 0 Å². The Morgan fingerprint density at radius 2 is 0.488 bits per heavy atom. The first-order chi connectivity index (χ1) is 55.1. The Kier molecular flexibility index (Phi) is 28.9. The number of ether oxygens (including phenoxy) is 8. The number of rotatable bonds is 22. The lowest BCUT2D eigenvalue weighted by Crippen LogP contribution is -2.54. The van der Waals surface area contributed by atoms with Crippen molar-refractivity contribution in [2.24, 2.45) is 0 Å². The maximum absolute atomic E-state index is 17.1. The third-order valence-corrected chi connectivity index (χ3v) is 20.3. The number of phenols is 1. The van der Waals surface area contributed by atoms with E-state index in [4.69, 9.17) is 9.47 Å². The zero-order chi connectivity index (χ0) is 89.3. The molecule has 0 amide bonds. The van der Waals surface area contributed by atoms with Crippen LogP contribution in [0.4, 0.5) is 154 Å². The SMILES string of the molecule is C.C.C.C.COCOc1c(F)c(F)c(-c2c(F)c(F)c(Oc3c(F)c(O)c(S(=O)(=O)c4c(F)c(F)c(C)c(F)c4F)c(Oc4ccc(C(c5ccc(Oc6c(F)c(Oc7c(F)c(F)c(-c8c(F)c(F)c(OCOC)c(F)c8F)c(F)c7F)c(F)c(F)c6S(=O)(=O)c6c(F)c(F)c(C)c(F)c6F)cc5)(C(F)(F)F)C(F)(F)F)cc4)c3F)c(F)c2F)c(F)c1F. The van der Waals surface area contributed by atoms with Gasteiger partial charge in [0.05, 0.1) is 22.3 Å². The molecule has 0 radical (unpaired) electrons. The highest BCUT2D eigenvalue weighted by Crippen LogP contribution is 2.59. The minimum absolute atomic E-state index is 0. The van der Waals surface area contributed by atoms with Gasteiger partial charge in [-0.3, -0.25) is 0 Å². The molecule has 0 saturated heterocycles. The van der Waals surface area contributed by atoms with E-state index in [1.807, 2.05) is 0 Å². The van der Waals surface area contributed by atoms with Gasteiger partial charge >= 0.3 is 12.4 Å². The fraction of sp³-hybridized carbons (Fsp3) is 0.178. The molecule has 0 aliphatic carbocycles. The largest absolute Gasteiger partial charge is 0.504 e. The number of hydrogen-bond acceptors (Lipinski definition) is 13. The van der Waals surface area contributed by atoms with Crippen LogP contribution in [0.15, 0.2) is 68.1 Å². The number of alkyl halides is 6. The molecule has 0 aromatic heterocycles. The molecule has 0 aliphatic rings. The van der Waals surface area contributed by atoms with Crippen LogP contribution < -0.4 is 28.4 Å². The van der Waals surface area contributed by atoms with Gasteiger partial charge < -0.3 is 43.0 Å². The van der Waals surface area contributed by atoms with Crippen molar-refractivity contribution in [3.63, 3.8) is 0 Å². The third-order valence-electron chi connectivity index (χ3n) is 16.7. The molecule has 10 rings (SSSR count). The van der Waals surface area contributed by atoms with Gasteiger partial charge in [0, 0.05) is 25.3 Å². The average Bonchev–Trinajstić information content (AvgIpc) is 0.716. The molecule has 123 heavy (non-hydrogen) atoms. The minimum atomic E-state index is -7.30. The van der Waals surface area contributed by atoms with E-state index in [2.05, 4.69) is 28.4 Å². The van der Waals surface area contributed by atoms with Gasteiger partial charge in [-0.1, -0.05) is 54.0 Å². The Hall–Kier alpha value is -11.8. The van der Waals surface area contributed by atoms with E-state index >= 15 is 119 Å². The van der Waals surface area contributed by atoms with Crippen LogP contribution >= 0.6 is 0 Å². The molecule has 1 N–H and O–H groups in total. The summed E-state index contributed by atoms with van der Waals surface area (Å²) in [5.41, 5.74) is -25.1. The Labute approximate surface area is 664 Å². The van der Waals surface area contributed by atoms with Crippen LogP contribution in [0.5, 0.6) is 63.2 Å². The van der Waals surface area contributed by atoms with Crippen LogP contribution in [0.1, 0.15) is 52.0 Å². The molecule has 0 spiro atoms. The molecule has 668 valence electrons. The summed E-state index contributed by atoms with van der Waals surface area (Å²) in [4.78, 5) is -12.4. The quantitative estimate of drug-likeness (QED) is 0.0388. The van der Waals surface area contributed by atoms with E-state index in [1.165, 1.54) is 0 Å². The molecule has 50 heteroatoms. The molecule has 13 nitrogen and oxygen atoms in total. The highest BCUT2D eigenvalue weighted by molar-refractivity contribution is 7.92. The van der Waals surface area contributed by atoms with Gasteiger partial charge in [0.15, 0.2) is 151 Å². The van der Waals surface area contributed by atoms with Crippen LogP contribution in [-0.4, -0.2) is 62.1 Å². The monoisotopic (exact) mass is 1850 g/mol. The number of aromatic hydroxyl groups is 1. The Balaban J connectivity index is 0.00000585. The summed E-state index contributed by atoms with van der Waals surface area (Å²) in [6.45, 7) is -2.10. The summed E-state index contributed by atoms with van der Waals surface area (Å²) in [6, 6.07) is -3.43. The fourth-order valence-electron chi connectivity index (χ4n) is 11.1. The summed E-state index contributed by atoms with van der Waals surface area (Å²) in [5, 5.41) is 11.1. The van der Waals surface area contributed by atoms with Gasteiger partial charge in [-0.25, -0.2) is 91.5 Å². The first-order valence-electron chi connectivity index (χ1n) is 30.5. The van der Waals surface area contributed by atoms with Gasteiger partial charge in [-0.05, 0) is 49.2 Å². The molecular weight excluding hydrogens is 1810 g/mol. The topological polar surface area (TPSA) is 162 Å². The second-order valence-electron chi connectivity index (χ2n) is 23.5. The van der Waals surface area contributed by atoms with E-state index in [0.717, 1.165) is 14.2 Å². The van der Waals surface area contributed by atoms with Gasteiger partial charge in [-0.2, -0.15) is 79.0 Å². The van der Waals surface area contributed by atoms with E-state index in [0.29, 0.717) is 0 Å². The average molecular weight is 1860 g/mol. The Morgan fingerprint density at radius 1 is 0.268 bits per heavy atom. The number of benzene rings is 10. The van der Waals surface area contributed by atoms with Gasteiger partial charge in [0.25, 0.3) is 0 Å². The summed E-state index contributed by atoms with van der Waals surface area (Å²) in [7, 11) is -13.0. The predicted octanol–water partition coefficient (Wildman–Crippen LogP) is 24.1. The molecule has 0 heterocycles. The lowest BCUT2D eigenvalue weighted by atomic mass is 9.73.